The Morgan fingerprint density at radius 2 is 2.33 bits per heavy atom. The van der Waals surface area contributed by atoms with E-state index in [0.717, 1.165) is 29.5 Å². The van der Waals surface area contributed by atoms with Crippen molar-refractivity contribution in [1.82, 2.24) is 19.6 Å². The van der Waals surface area contributed by atoms with E-state index in [1.165, 1.54) is 13.0 Å². The minimum Gasteiger partial charge on any atom is -0.307 e. The molecular weight excluding hydrogens is 248 g/mol. The second-order valence-corrected chi connectivity index (χ2v) is 5.41. The quantitative estimate of drug-likeness (QED) is 0.917. The molecule has 3 rings (SSSR count). The fourth-order valence-electron chi connectivity index (χ4n) is 2.45. The van der Waals surface area contributed by atoms with Crippen molar-refractivity contribution in [2.45, 2.75) is 19.0 Å². The van der Waals surface area contributed by atoms with Gasteiger partial charge in [-0.15, -0.1) is 0 Å². The molecule has 0 saturated carbocycles. The predicted molar refractivity (Wildman–Crippen MR) is 72.9 cm³/mol. The minimum absolute atomic E-state index is 0.586. The Labute approximate surface area is 112 Å². The molecule has 5 heteroatoms. The fraction of sp³-hybridized carbons (Fsp3) is 0.462. The molecule has 1 fully saturated rings. The van der Waals surface area contributed by atoms with E-state index >= 15 is 0 Å². The lowest BCUT2D eigenvalue weighted by atomic mass is 10.2. The predicted octanol–water partition coefficient (Wildman–Crippen LogP) is 1.78. The molecule has 0 radical (unpaired) electrons. The number of aromatic nitrogens is 2. The number of imidazole rings is 1. The van der Waals surface area contributed by atoms with Crippen molar-refractivity contribution in [3.05, 3.63) is 35.2 Å². The smallest absolute Gasteiger partial charge is 0.137 e. The first kappa shape index (κ1) is 12.0. The zero-order chi connectivity index (χ0) is 12.5. The van der Waals surface area contributed by atoms with Gasteiger partial charge in [0.05, 0.1) is 10.7 Å². The van der Waals surface area contributed by atoms with Gasteiger partial charge in [0.15, 0.2) is 0 Å². The Kier molecular flexibility index (Phi) is 3.24. The van der Waals surface area contributed by atoms with Crippen LogP contribution in [0, 0.1) is 0 Å². The maximum absolute atomic E-state index is 5.95. The summed E-state index contributed by atoms with van der Waals surface area (Å²) in [4.78, 5) is 6.91. The zero-order valence-electron chi connectivity index (χ0n) is 10.4. The van der Waals surface area contributed by atoms with Crippen LogP contribution in [0.1, 0.15) is 12.1 Å². The third-order valence-corrected chi connectivity index (χ3v) is 3.65. The first-order valence-corrected chi connectivity index (χ1v) is 6.63. The van der Waals surface area contributed by atoms with Gasteiger partial charge in [-0.1, -0.05) is 11.6 Å². The second-order valence-electron chi connectivity index (χ2n) is 4.97. The number of nitrogens with one attached hydrogen (secondary N) is 1. The normalized spacial score (nSPS) is 20.9. The van der Waals surface area contributed by atoms with Crippen LogP contribution in [0.4, 0.5) is 0 Å². The second kappa shape index (κ2) is 4.88. The van der Waals surface area contributed by atoms with Crippen LogP contribution in [0.3, 0.4) is 0 Å². The first-order chi connectivity index (χ1) is 8.70. The maximum atomic E-state index is 5.95. The standard InChI is InChI=1S/C13H17ClN4/c1-17-5-4-11(8-17)15-6-12-9-18-7-10(14)2-3-13(18)16-12/h2-3,7,9,11,15H,4-6,8H2,1H3. The molecule has 18 heavy (non-hydrogen) atoms. The van der Waals surface area contributed by atoms with Gasteiger partial charge in [0.25, 0.3) is 0 Å². The highest BCUT2D eigenvalue weighted by atomic mass is 35.5. The average Bonchev–Trinajstić information content (AvgIpc) is 2.92. The van der Waals surface area contributed by atoms with E-state index in [1.807, 2.05) is 28.9 Å². The molecule has 0 amide bonds. The van der Waals surface area contributed by atoms with Crippen LogP contribution in [-0.4, -0.2) is 40.5 Å². The molecule has 0 spiro atoms. The lowest BCUT2D eigenvalue weighted by Crippen LogP contribution is -2.31. The van der Waals surface area contributed by atoms with E-state index in [4.69, 9.17) is 11.6 Å². The number of nitrogens with zero attached hydrogens (tertiary/aromatic N) is 3. The Morgan fingerprint density at radius 3 is 3.11 bits per heavy atom. The van der Waals surface area contributed by atoms with Gasteiger partial charge in [0, 0.05) is 31.5 Å². The van der Waals surface area contributed by atoms with Crippen molar-refractivity contribution >= 4 is 17.2 Å². The number of likely N-dealkylation sites (N-methyl/N-ethyl adjacent to an activating group) is 1. The number of hydrogen-bond donors (Lipinski definition) is 1. The van der Waals surface area contributed by atoms with E-state index < -0.39 is 0 Å². The molecule has 0 aromatic carbocycles. The number of hydrogen-bond acceptors (Lipinski definition) is 3. The van der Waals surface area contributed by atoms with Crippen LogP contribution in [0.25, 0.3) is 5.65 Å². The van der Waals surface area contributed by atoms with Crippen LogP contribution in [-0.2, 0) is 6.54 Å². The lowest BCUT2D eigenvalue weighted by molar-refractivity contribution is 0.397. The van der Waals surface area contributed by atoms with Gasteiger partial charge >= 0.3 is 0 Å². The monoisotopic (exact) mass is 264 g/mol. The van der Waals surface area contributed by atoms with Crippen LogP contribution < -0.4 is 5.32 Å². The molecule has 1 N–H and O–H groups in total. The third kappa shape index (κ3) is 2.51. The van der Waals surface area contributed by atoms with Crippen molar-refractivity contribution in [2.24, 2.45) is 0 Å². The Hall–Kier alpha value is -1.10. The van der Waals surface area contributed by atoms with Crippen LogP contribution in [0.15, 0.2) is 24.5 Å². The Balaban J connectivity index is 1.67. The summed E-state index contributed by atoms with van der Waals surface area (Å²) in [7, 11) is 2.16. The van der Waals surface area contributed by atoms with Gasteiger partial charge in [0.1, 0.15) is 5.65 Å². The van der Waals surface area contributed by atoms with Crippen molar-refractivity contribution < 1.29 is 0 Å². The third-order valence-electron chi connectivity index (χ3n) is 3.43. The number of pyridine rings is 1. The van der Waals surface area contributed by atoms with E-state index in [-0.39, 0.29) is 0 Å². The van der Waals surface area contributed by atoms with Crippen molar-refractivity contribution in [1.29, 1.82) is 0 Å². The topological polar surface area (TPSA) is 32.6 Å². The molecular formula is C13H17ClN4. The summed E-state index contributed by atoms with van der Waals surface area (Å²) in [6, 6.07) is 4.39. The summed E-state index contributed by atoms with van der Waals surface area (Å²) in [5.41, 5.74) is 2.01. The lowest BCUT2D eigenvalue weighted by Gasteiger charge is -2.11. The Morgan fingerprint density at radius 1 is 1.44 bits per heavy atom. The zero-order valence-corrected chi connectivity index (χ0v) is 11.2. The van der Waals surface area contributed by atoms with Gasteiger partial charge in [0.2, 0.25) is 0 Å². The summed E-state index contributed by atoms with van der Waals surface area (Å²) in [5.74, 6) is 0. The molecule has 4 nitrogen and oxygen atoms in total. The Bertz CT molecular complexity index is 551. The molecule has 1 aliphatic heterocycles. The van der Waals surface area contributed by atoms with Gasteiger partial charge in [-0.25, -0.2) is 4.98 Å². The first-order valence-electron chi connectivity index (χ1n) is 6.26. The molecule has 1 atom stereocenters. The van der Waals surface area contributed by atoms with E-state index in [0.29, 0.717) is 6.04 Å². The van der Waals surface area contributed by atoms with Gasteiger partial charge in [-0.05, 0) is 32.1 Å². The van der Waals surface area contributed by atoms with Gasteiger partial charge in [-0.2, -0.15) is 0 Å². The molecule has 2 aromatic heterocycles. The van der Waals surface area contributed by atoms with Crippen molar-refractivity contribution in [3.63, 3.8) is 0 Å². The molecule has 3 heterocycles. The minimum atomic E-state index is 0.586. The number of fused-ring (bicyclic) bond motifs is 1. The summed E-state index contributed by atoms with van der Waals surface area (Å²) in [6.07, 6.45) is 5.14. The van der Waals surface area contributed by atoms with Crippen molar-refractivity contribution in [3.8, 4) is 0 Å². The molecule has 2 aromatic rings. The largest absolute Gasteiger partial charge is 0.307 e. The molecule has 0 bridgehead atoms. The summed E-state index contributed by atoms with van der Waals surface area (Å²) in [5, 5.41) is 4.29. The van der Waals surface area contributed by atoms with Gasteiger partial charge < -0.3 is 14.6 Å². The molecule has 0 aliphatic carbocycles. The van der Waals surface area contributed by atoms with Gasteiger partial charge in [-0.3, -0.25) is 0 Å². The highest BCUT2D eigenvalue weighted by Gasteiger charge is 2.18. The van der Waals surface area contributed by atoms with Crippen molar-refractivity contribution in [2.75, 3.05) is 20.1 Å². The molecule has 1 aliphatic rings. The highest BCUT2D eigenvalue weighted by molar-refractivity contribution is 6.30. The summed E-state index contributed by atoms with van der Waals surface area (Å²) in [6.45, 7) is 3.12. The number of halogens is 1. The highest BCUT2D eigenvalue weighted by Crippen LogP contribution is 2.12. The summed E-state index contributed by atoms with van der Waals surface area (Å²) < 4.78 is 1.97. The van der Waals surface area contributed by atoms with Crippen LogP contribution in [0.5, 0.6) is 0 Å². The number of likely N-dealkylation sites (tertiary alicyclic amines) is 1. The van der Waals surface area contributed by atoms with E-state index in [1.54, 1.807) is 0 Å². The molecule has 1 saturated heterocycles. The van der Waals surface area contributed by atoms with E-state index in [9.17, 15) is 0 Å². The average molecular weight is 265 g/mol. The number of rotatable bonds is 3. The maximum Gasteiger partial charge on any atom is 0.137 e. The SMILES string of the molecule is CN1CCC(NCc2cn3cc(Cl)ccc3n2)C1. The molecule has 1 unspecified atom stereocenters. The fourth-order valence-corrected chi connectivity index (χ4v) is 2.62. The molecule has 96 valence electrons. The van der Waals surface area contributed by atoms with Crippen LogP contribution >= 0.6 is 11.6 Å². The summed E-state index contributed by atoms with van der Waals surface area (Å²) >= 11 is 5.95. The van der Waals surface area contributed by atoms with E-state index in [2.05, 4.69) is 22.2 Å². The van der Waals surface area contributed by atoms with Crippen LogP contribution in [0.2, 0.25) is 5.02 Å².